The van der Waals surface area contributed by atoms with Crippen molar-refractivity contribution in [3.05, 3.63) is 53.6 Å². The molecule has 0 bridgehead atoms. The quantitative estimate of drug-likeness (QED) is 0.799. The molecule has 0 radical (unpaired) electrons. The zero-order valence-electron chi connectivity index (χ0n) is 15.6. The molecule has 1 amide bonds. The average molecular weight is 367 g/mol. The first kappa shape index (κ1) is 17.9. The largest absolute Gasteiger partial charge is 0.487 e. The highest BCUT2D eigenvalue weighted by Gasteiger charge is 2.29. The second kappa shape index (κ2) is 8.01. The van der Waals surface area contributed by atoms with Gasteiger partial charge in [0, 0.05) is 25.5 Å². The molecule has 1 unspecified atom stereocenters. The minimum Gasteiger partial charge on any atom is -0.487 e. The van der Waals surface area contributed by atoms with Crippen LogP contribution in [-0.4, -0.2) is 25.9 Å². The first-order chi connectivity index (χ1) is 13.2. The van der Waals surface area contributed by atoms with Crippen molar-refractivity contribution < 1.29 is 19.0 Å². The van der Waals surface area contributed by atoms with Gasteiger partial charge in [0.1, 0.15) is 18.1 Å². The lowest BCUT2D eigenvalue weighted by Gasteiger charge is -2.31. The van der Waals surface area contributed by atoms with Crippen LogP contribution in [0.1, 0.15) is 36.8 Å². The maximum absolute atomic E-state index is 12.3. The van der Waals surface area contributed by atoms with Gasteiger partial charge in [-0.3, -0.25) is 4.79 Å². The number of anilines is 1. The number of hydrogen-bond acceptors (Lipinski definition) is 4. The second-order valence-electron chi connectivity index (χ2n) is 7.03. The lowest BCUT2D eigenvalue weighted by molar-refractivity contribution is -0.118. The number of ether oxygens (including phenoxy) is 3. The molecule has 0 aliphatic carbocycles. The normalized spacial score (nSPS) is 19.5. The standard InChI is InChI=1S/C22H25NO4/c1-23-20(24)13-10-17-18(27-21-9-5-6-14-25-21)11-12-19(22(17)23)26-15-16-7-3-2-4-8-16/h2-4,7-8,11-12,21H,5-6,9-10,13-15H2,1H3. The van der Waals surface area contributed by atoms with Crippen LogP contribution in [0.4, 0.5) is 5.69 Å². The van der Waals surface area contributed by atoms with Crippen LogP contribution in [0, 0.1) is 0 Å². The number of rotatable bonds is 5. The third-order valence-electron chi connectivity index (χ3n) is 5.13. The third-order valence-corrected chi connectivity index (χ3v) is 5.13. The number of fused-ring (bicyclic) bond motifs is 1. The molecule has 2 aromatic carbocycles. The fraction of sp³-hybridized carbons (Fsp3) is 0.409. The smallest absolute Gasteiger partial charge is 0.227 e. The van der Waals surface area contributed by atoms with E-state index in [0.29, 0.717) is 25.2 Å². The second-order valence-corrected chi connectivity index (χ2v) is 7.03. The molecule has 1 atom stereocenters. The molecule has 1 fully saturated rings. The molecule has 5 heteroatoms. The molecule has 142 valence electrons. The minimum absolute atomic E-state index is 0.0955. The van der Waals surface area contributed by atoms with Crippen LogP contribution in [0.15, 0.2) is 42.5 Å². The van der Waals surface area contributed by atoms with Crippen molar-refractivity contribution in [3.63, 3.8) is 0 Å². The molecule has 27 heavy (non-hydrogen) atoms. The van der Waals surface area contributed by atoms with E-state index in [-0.39, 0.29) is 12.2 Å². The third kappa shape index (κ3) is 3.93. The maximum atomic E-state index is 12.3. The van der Waals surface area contributed by atoms with Crippen molar-refractivity contribution in [1.82, 2.24) is 0 Å². The molecule has 2 aliphatic rings. The van der Waals surface area contributed by atoms with Crippen LogP contribution in [0.25, 0.3) is 0 Å². The summed E-state index contributed by atoms with van der Waals surface area (Å²) in [5.41, 5.74) is 2.93. The van der Waals surface area contributed by atoms with Crippen LogP contribution < -0.4 is 14.4 Å². The topological polar surface area (TPSA) is 48.0 Å². The van der Waals surface area contributed by atoms with Crippen molar-refractivity contribution in [2.45, 2.75) is 45.0 Å². The van der Waals surface area contributed by atoms with E-state index in [1.807, 2.05) is 42.5 Å². The molecule has 2 aromatic rings. The van der Waals surface area contributed by atoms with Crippen LogP contribution >= 0.6 is 0 Å². The van der Waals surface area contributed by atoms with Crippen LogP contribution in [0.2, 0.25) is 0 Å². The van der Waals surface area contributed by atoms with Gasteiger partial charge in [-0.05, 0) is 37.0 Å². The predicted molar refractivity (Wildman–Crippen MR) is 103 cm³/mol. The van der Waals surface area contributed by atoms with Gasteiger partial charge in [0.25, 0.3) is 0 Å². The van der Waals surface area contributed by atoms with E-state index in [9.17, 15) is 4.79 Å². The summed E-state index contributed by atoms with van der Waals surface area (Å²) in [6, 6.07) is 13.9. The number of benzene rings is 2. The average Bonchev–Trinajstić information content (AvgIpc) is 2.71. The van der Waals surface area contributed by atoms with Crippen molar-refractivity contribution in [1.29, 1.82) is 0 Å². The van der Waals surface area contributed by atoms with Crippen molar-refractivity contribution in [3.8, 4) is 11.5 Å². The highest BCUT2D eigenvalue weighted by atomic mass is 16.7. The van der Waals surface area contributed by atoms with Gasteiger partial charge < -0.3 is 19.1 Å². The molecule has 0 aromatic heterocycles. The summed E-state index contributed by atoms with van der Waals surface area (Å²) < 4.78 is 17.9. The summed E-state index contributed by atoms with van der Waals surface area (Å²) in [5, 5.41) is 0. The Balaban J connectivity index is 1.60. The highest BCUT2D eigenvalue weighted by Crippen LogP contribution is 2.42. The molecule has 0 saturated carbocycles. The minimum atomic E-state index is -0.207. The first-order valence-corrected chi connectivity index (χ1v) is 9.60. The number of carbonyl (C=O) groups is 1. The van der Waals surface area contributed by atoms with E-state index in [1.54, 1.807) is 11.9 Å². The highest BCUT2D eigenvalue weighted by molar-refractivity contribution is 5.98. The number of amides is 1. The van der Waals surface area contributed by atoms with E-state index in [1.165, 1.54) is 0 Å². The molecule has 4 rings (SSSR count). The lowest BCUT2D eigenvalue weighted by atomic mass is 9.99. The fourth-order valence-electron chi connectivity index (χ4n) is 3.64. The predicted octanol–water partition coefficient (Wildman–Crippen LogP) is 4.08. The maximum Gasteiger partial charge on any atom is 0.227 e. The SMILES string of the molecule is CN1C(=O)CCc2c(OC3CCCCO3)ccc(OCc3ccccc3)c21. The molecule has 5 nitrogen and oxygen atoms in total. The van der Waals surface area contributed by atoms with Crippen LogP contribution in [-0.2, 0) is 22.6 Å². The van der Waals surface area contributed by atoms with E-state index in [4.69, 9.17) is 14.2 Å². The van der Waals surface area contributed by atoms with Gasteiger partial charge >= 0.3 is 0 Å². The number of nitrogens with zero attached hydrogens (tertiary/aromatic N) is 1. The van der Waals surface area contributed by atoms with Crippen molar-refractivity contribution in [2.75, 3.05) is 18.6 Å². The van der Waals surface area contributed by atoms with Gasteiger partial charge in [-0.15, -0.1) is 0 Å². The van der Waals surface area contributed by atoms with E-state index < -0.39 is 0 Å². The van der Waals surface area contributed by atoms with Gasteiger partial charge in [0.15, 0.2) is 6.29 Å². The molecular weight excluding hydrogens is 342 g/mol. The Labute approximate surface area is 159 Å². The molecule has 2 aliphatic heterocycles. The molecule has 0 spiro atoms. The summed E-state index contributed by atoms with van der Waals surface area (Å²) in [7, 11) is 1.80. The fourth-order valence-corrected chi connectivity index (χ4v) is 3.64. The summed E-state index contributed by atoms with van der Waals surface area (Å²) in [5.74, 6) is 1.60. The Bertz CT molecular complexity index is 799. The number of carbonyl (C=O) groups excluding carboxylic acids is 1. The van der Waals surface area contributed by atoms with Gasteiger partial charge in [0.05, 0.1) is 12.3 Å². The summed E-state index contributed by atoms with van der Waals surface area (Å²) in [6.45, 7) is 1.20. The van der Waals surface area contributed by atoms with E-state index in [2.05, 4.69) is 0 Å². The Hall–Kier alpha value is -2.53. The summed E-state index contributed by atoms with van der Waals surface area (Å²) in [4.78, 5) is 14.0. The van der Waals surface area contributed by atoms with E-state index >= 15 is 0 Å². The molecule has 2 heterocycles. The Kier molecular flexibility index (Phi) is 5.30. The Morgan fingerprint density at radius 2 is 1.89 bits per heavy atom. The van der Waals surface area contributed by atoms with Crippen molar-refractivity contribution >= 4 is 11.6 Å². The number of hydrogen-bond donors (Lipinski definition) is 0. The summed E-state index contributed by atoms with van der Waals surface area (Å²) in [6.07, 6.45) is 4.03. The molecule has 1 saturated heterocycles. The summed E-state index contributed by atoms with van der Waals surface area (Å²) >= 11 is 0. The Morgan fingerprint density at radius 3 is 2.67 bits per heavy atom. The van der Waals surface area contributed by atoms with Gasteiger partial charge in [-0.1, -0.05) is 30.3 Å². The van der Waals surface area contributed by atoms with Gasteiger partial charge in [0.2, 0.25) is 5.91 Å². The van der Waals surface area contributed by atoms with Crippen LogP contribution in [0.3, 0.4) is 0 Å². The van der Waals surface area contributed by atoms with E-state index in [0.717, 1.165) is 48.4 Å². The lowest BCUT2D eigenvalue weighted by Crippen LogP contribution is -2.32. The molecule has 0 N–H and O–H groups in total. The van der Waals surface area contributed by atoms with Gasteiger partial charge in [-0.2, -0.15) is 0 Å². The molecular formula is C22H25NO4. The first-order valence-electron chi connectivity index (χ1n) is 9.60. The van der Waals surface area contributed by atoms with Gasteiger partial charge in [-0.25, -0.2) is 0 Å². The van der Waals surface area contributed by atoms with Crippen molar-refractivity contribution in [2.24, 2.45) is 0 Å². The Morgan fingerprint density at radius 1 is 1.07 bits per heavy atom. The van der Waals surface area contributed by atoms with Crippen LogP contribution in [0.5, 0.6) is 11.5 Å². The zero-order chi connectivity index (χ0) is 18.6. The monoisotopic (exact) mass is 367 g/mol. The zero-order valence-corrected chi connectivity index (χ0v) is 15.6.